The van der Waals surface area contributed by atoms with Gasteiger partial charge in [-0.1, -0.05) is 0 Å². The van der Waals surface area contributed by atoms with Gasteiger partial charge in [-0.15, -0.1) is 0 Å². The van der Waals surface area contributed by atoms with Gasteiger partial charge in [0.05, 0.1) is 6.61 Å². The summed E-state index contributed by atoms with van der Waals surface area (Å²) in [5.41, 5.74) is 1.36. The third-order valence-corrected chi connectivity index (χ3v) is 2.94. The largest absolute Gasteiger partial charge is 0.388 e. The van der Waals surface area contributed by atoms with Crippen molar-refractivity contribution in [2.75, 3.05) is 19.7 Å². The summed E-state index contributed by atoms with van der Waals surface area (Å²) in [5, 5.41) is 50.9. The second-order valence-electron chi connectivity index (χ2n) is 4.49. The highest BCUT2D eigenvalue weighted by Crippen LogP contribution is 2.24. The number of hydrogen-bond acceptors (Lipinski definition) is 8. The molecule has 1 fully saturated rings. The van der Waals surface area contributed by atoms with E-state index in [1.807, 2.05) is 0 Å². The van der Waals surface area contributed by atoms with Gasteiger partial charge in [-0.25, -0.2) is 10.3 Å². The lowest BCUT2D eigenvalue weighted by atomic mass is 9.96. The first kappa shape index (κ1) is 17.6. The second-order valence-corrected chi connectivity index (χ2v) is 4.49. The number of carbonyl (C=O) groups excluding carboxylic acids is 2. The van der Waals surface area contributed by atoms with Crippen molar-refractivity contribution < 1.29 is 40.0 Å². The molecule has 0 saturated carbocycles. The molecule has 0 bridgehead atoms. The van der Waals surface area contributed by atoms with Crippen LogP contribution in [0.2, 0.25) is 0 Å². The van der Waals surface area contributed by atoms with E-state index in [0.717, 1.165) is 0 Å². The van der Waals surface area contributed by atoms with E-state index >= 15 is 0 Å². The van der Waals surface area contributed by atoms with Gasteiger partial charge in [-0.3, -0.25) is 10.0 Å². The summed E-state index contributed by atoms with van der Waals surface area (Å²) in [5.74, 6) is -3.73. The lowest BCUT2D eigenvalue weighted by Crippen LogP contribution is -2.66. The minimum Gasteiger partial charge on any atom is -0.388 e. The standard InChI is InChI=1S/C10H19N3O8/c14-5-4-21-10(19,7(16)6(5)15)8(17)11-2-1-3-12-9(18)13-20/h5-7,14-16,19-20H,1-4H2,(H,11,17)(H2,12,13,18). The molecule has 1 saturated heterocycles. The average Bonchev–Trinajstić information content (AvgIpc) is 2.48. The number of rotatable bonds is 5. The highest BCUT2D eigenvalue weighted by atomic mass is 16.7. The molecule has 1 aliphatic rings. The SMILES string of the molecule is O=C(NO)NCCCNC(=O)C1(O)OCC(O)C(O)C1O. The number of urea groups is 1. The van der Waals surface area contributed by atoms with Gasteiger partial charge in [0, 0.05) is 13.1 Å². The first-order valence-corrected chi connectivity index (χ1v) is 6.19. The monoisotopic (exact) mass is 309 g/mol. The van der Waals surface area contributed by atoms with Crippen molar-refractivity contribution in [3.63, 3.8) is 0 Å². The fraction of sp³-hybridized carbons (Fsp3) is 0.800. The van der Waals surface area contributed by atoms with Crippen molar-refractivity contribution in [3.8, 4) is 0 Å². The zero-order valence-electron chi connectivity index (χ0n) is 11.0. The molecule has 122 valence electrons. The van der Waals surface area contributed by atoms with Crippen LogP contribution in [0, 0.1) is 0 Å². The zero-order chi connectivity index (χ0) is 16.0. The molecule has 1 aliphatic heterocycles. The van der Waals surface area contributed by atoms with E-state index in [-0.39, 0.29) is 19.5 Å². The van der Waals surface area contributed by atoms with E-state index in [0.29, 0.717) is 0 Å². The van der Waals surface area contributed by atoms with Gasteiger partial charge < -0.3 is 35.8 Å². The predicted octanol–water partition coefficient (Wildman–Crippen LogP) is -4.02. The van der Waals surface area contributed by atoms with Crippen molar-refractivity contribution in [2.24, 2.45) is 0 Å². The molecule has 3 amide bonds. The van der Waals surface area contributed by atoms with Crippen LogP contribution in [-0.4, -0.2) is 81.4 Å². The van der Waals surface area contributed by atoms with Crippen molar-refractivity contribution in [1.82, 2.24) is 16.1 Å². The first-order chi connectivity index (χ1) is 9.82. The number of nitrogens with one attached hydrogen (secondary N) is 3. The summed E-state index contributed by atoms with van der Waals surface area (Å²) in [6, 6.07) is -0.803. The number of aliphatic hydroxyl groups excluding tert-OH is 3. The van der Waals surface area contributed by atoms with Crippen LogP contribution in [0.4, 0.5) is 4.79 Å². The molecule has 11 nitrogen and oxygen atoms in total. The zero-order valence-corrected chi connectivity index (χ0v) is 11.0. The summed E-state index contributed by atoms with van der Waals surface area (Å²) in [6.07, 6.45) is -4.85. The van der Waals surface area contributed by atoms with E-state index in [1.54, 1.807) is 0 Å². The van der Waals surface area contributed by atoms with Crippen LogP contribution < -0.4 is 16.1 Å². The smallest absolute Gasteiger partial charge is 0.338 e. The Kier molecular flexibility index (Phi) is 6.26. The predicted molar refractivity (Wildman–Crippen MR) is 64.9 cm³/mol. The first-order valence-electron chi connectivity index (χ1n) is 6.19. The fourth-order valence-electron chi connectivity index (χ4n) is 1.70. The Morgan fingerprint density at radius 1 is 1.19 bits per heavy atom. The van der Waals surface area contributed by atoms with Crippen LogP contribution in [0.5, 0.6) is 0 Å². The highest BCUT2D eigenvalue weighted by Gasteiger charge is 2.53. The lowest BCUT2D eigenvalue weighted by Gasteiger charge is -2.40. The third-order valence-electron chi connectivity index (χ3n) is 2.94. The average molecular weight is 309 g/mol. The van der Waals surface area contributed by atoms with Crippen molar-refractivity contribution in [2.45, 2.75) is 30.5 Å². The Labute approximate surface area is 119 Å². The minimum absolute atomic E-state index is 0.0293. The summed E-state index contributed by atoms with van der Waals surface area (Å²) in [4.78, 5) is 22.4. The molecular formula is C10H19N3O8. The van der Waals surface area contributed by atoms with Gasteiger partial charge in [0.1, 0.15) is 18.3 Å². The number of ether oxygens (including phenoxy) is 1. The van der Waals surface area contributed by atoms with Crippen LogP contribution in [0.1, 0.15) is 6.42 Å². The van der Waals surface area contributed by atoms with E-state index in [2.05, 4.69) is 10.6 Å². The van der Waals surface area contributed by atoms with Crippen molar-refractivity contribution in [3.05, 3.63) is 0 Å². The van der Waals surface area contributed by atoms with Crippen LogP contribution >= 0.6 is 0 Å². The molecule has 0 aromatic carbocycles. The van der Waals surface area contributed by atoms with Crippen LogP contribution in [0.25, 0.3) is 0 Å². The molecule has 0 aromatic heterocycles. The molecular weight excluding hydrogens is 290 g/mol. The quantitative estimate of drug-likeness (QED) is 0.143. The highest BCUT2D eigenvalue weighted by molar-refractivity contribution is 5.84. The summed E-state index contributed by atoms with van der Waals surface area (Å²) >= 11 is 0. The van der Waals surface area contributed by atoms with Gasteiger partial charge in [0.2, 0.25) is 0 Å². The normalized spacial score (nSPS) is 32.3. The Morgan fingerprint density at radius 3 is 2.43 bits per heavy atom. The minimum atomic E-state index is -2.66. The molecule has 4 unspecified atom stereocenters. The molecule has 8 N–H and O–H groups in total. The molecule has 0 radical (unpaired) electrons. The molecule has 0 aromatic rings. The number of aliphatic hydroxyl groups is 4. The van der Waals surface area contributed by atoms with Crippen molar-refractivity contribution >= 4 is 11.9 Å². The molecule has 21 heavy (non-hydrogen) atoms. The Morgan fingerprint density at radius 2 is 1.81 bits per heavy atom. The van der Waals surface area contributed by atoms with Gasteiger partial charge in [0.25, 0.3) is 11.7 Å². The van der Waals surface area contributed by atoms with Gasteiger partial charge in [0.15, 0.2) is 0 Å². The van der Waals surface area contributed by atoms with Crippen LogP contribution in [-0.2, 0) is 9.53 Å². The maximum atomic E-state index is 11.8. The Bertz CT molecular complexity index is 381. The summed E-state index contributed by atoms with van der Waals surface area (Å²) in [6.45, 7) is -0.349. The van der Waals surface area contributed by atoms with Gasteiger partial charge >= 0.3 is 6.03 Å². The van der Waals surface area contributed by atoms with Crippen molar-refractivity contribution in [1.29, 1.82) is 0 Å². The number of hydroxylamine groups is 1. The third kappa shape index (κ3) is 4.23. The second kappa shape index (κ2) is 7.49. The van der Waals surface area contributed by atoms with Crippen LogP contribution in [0.3, 0.4) is 0 Å². The van der Waals surface area contributed by atoms with Gasteiger partial charge in [-0.2, -0.15) is 0 Å². The molecule has 0 aliphatic carbocycles. The topological polar surface area (TPSA) is 181 Å². The van der Waals surface area contributed by atoms with E-state index < -0.39 is 42.6 Å². The van der Waals surface area contributed by atoms with E-state index in [9.17, 15) is 30.0 Å². The van der Waals surface area contributed by atoms with E-state index in [1.165, 1.54) is 5.48 Å². The van der Waals surface area contributed by atoms with Crippen LogP contribution in [0.15, 0.2) is 0 Å². The molecule has 1 heterocycles. The maximum absolute atomic E-state index is 11.8. The molecule has 1 rings (SSSR count). The number of hydrogen-bond donors (Lipinski definition) is 8. The van der Waals surface area contributed by atoms with E-state index in [4.69, 9.17) is 9.94 Å². The Hall–Kier alpha value is -1.50. The molecule has 4 atom stereocenters. The van der Waals surface area contributed by atoms with Gasteiger partial charge in [-0.05, 0) is 6.42 Å². The molecule has 11 heteroatoms. The summed E-state index contributed by atoms with van der Waals surface area (Å²) < 4.78 is 4.71. The maximum Gasteiger partial charge on any atom is 0.338 e. The molecule has 0 spiro atoms. The fourth-order valence-corrected chi connectivity index (χ4v) is 1.70. The summed E-state index contributed by atoms with van der Waals surface area (Å²) in [7, 11) is 0. The number of carbonyl (C=O) groups is 2. The lowest BCUT2D eigenvalue weighted by molar-refractivity contribution is -0.304. The Balaban J connectivity index is 2.39. The number of amides is 3.